The summed E-state index contributed by atoms with van der Waals surface area (Å²) in [6, 6.07) is 0. The van der Waals surface area contributed by atoms with Crippen LogP contribution in [-0.2, 0) is 23.9 Å². The number of aliphatic hydroxyl groups is 2. The van der Waals surface area contributed by atoms with Crippen molar-refractivity contribution in [1.29, 1.82) is 0 Å². The van der Waals surface area contributed by atoms with E-state index in [0.29, 0.717) is 29.6 Å². The van der Waals surface area contributed by atoms with Gasteiger partial charge in [0.25, 0.3) is 0 Å². The van der Waals surface area contributed by atoms with Gasteiger partial charge in [-0.1, -0.05) is 20.8 Å². The van der Waals surface area contributed by atoms with E-state index < -0.39 is 45.4 Å². The summed E-state index contributed by atoms with van der Waals surface area (Å²) >= 11 is 0. The van der Waals surface area contributed by atoms with Crippen LogP contribution in [0.2, 0.25) is 0 Å². The van der Waals surface area contributed by atoms with E-state index in [1.165, 1.54) is 12.2 Å². The van der Waals surface area contributed by atoms with Gasteiger partial charge >= 0.3 is 0 Å². The maximum Gasteiger partial charge on any atom is 0.201 e. The van der Waals surface area contributed by atoms with Crippen molar-refractivity contribution in [1.82, 2.24) is 0 Å². The van der Waals surface area contributed by atoms with Crippen molar-refractivity contribution in [2.45, 2.75) is 95.9 Å². The van der Waals surface area contributed by atoms with Crippen LogP contribution >= 0.6 is 0 Å². The third-order valence-electron chi connectivity index (χ3n) is 11.0. The SMILES string of the molecule is C[C@@H]1[C@]2(OC(C)(C)[C@@H](C)[C@H]2O)O[C@@]23CC[C@]1(O)[C@@]2(C)C(=O)C=C1C3=CC(=O)C2=CC(=O)CCC21C. The largest absolute Gasteiger partial charge is 0.388 e. The van der Waals surface area contributed by atoms with Gasteiger partial charge in [-0.2, -0.15) is 0 Å². The van der Waals surface area contributed by atoms with E-state index in [0.717, 1.165) is 0 Å². The Morgan fingerprint density at radius 1 is 0.886 bits per heavy atom. The van der Waals surface area contributed by atoms with Gasteiger partial charge in [-0.15, -0.1) is 0 Å². The molecular formula is C28H34O7. The van der Waals surface area contributed by atoms with E-state index in [-0.39, 0.29) is 36.1 Å². The molecule has 2 saturated heterocycles. The minimum absolute atomic E-state index is 0.0935. The molecule has 2 N–H and O–H groups in total. The number of carbonyl (C=O) groups is 3. The van der Waals surface area contributed by atoms with Crippen LogP contribution in [0.5, 0.6) is 0 Å². The lowest BCUT2D eigenvalue weighted by molar-refractivity contribution is -0.392. The first-order valence-corrected chi connectivity index (χ1v) is 12.7. The number of carbonyl (C=O) groups excluding carboxylic acids is 3. The van der Waals surface area contributed by atoms with E-state index in [1.807, 2.05) is 27.7 Å². The lowest BCUT2D eigenvalue weighted by atomic mass is 9.49. The van der Waals surface area contributed by atoms with Crippen LogP contribution in [0.15, 0.2) is 34.9 Å². The molecule has 35 heavy (non-hydrogen) atoms. The highest BCUT2D eigenvalue weighted by Gasteiger charge is 2.83. The second kappa shape index (κ2) is 6.31. The first-order chi connectivity index (χ1) is 16.1. The number of ketones is 3. The van der Waals surface area contributed by atoms with Gasteiger partial charge in [-0.25, -0.2) is 0 Å². The number of allylic oxidation sites excluding steroid dienone is 4. The highest BCUT2D eigenvalue weighted by Crippen LogP contribution is 2.73. The highest BCUT2D eigenvalue weighted by atomic mass is 16.7. The molecule has 4 aliphatic carbocycles. The Bertz CT molecular complexity index is 1210. The molecule has 1 unspecified atom stereocenters. The van der Waals surface area contributed by atoms with E-state index >= 15 is 0 Å². The molecule has 3 fully saturated rings. The molecule has 2 heterocycles. The zero-order chi connectivity index (χ0) is 25.6. The maximum absolute atomic E-state index is 14.0. The third-order valence-corrected chi connectivity index (χ3v) is 11.0. The van der Waals surface area contributed by atoms with Crippen molar-refractivity contribution in [3.8, 4) is 0 Å². The molecule has 7 nitrogen and oxygen atoms in total. The molecule has 2 aliphatic heterocycles. The average molecular weight is 483 g/mol. The molecule has 1 spiro atoms. The summed E-state index contributed by atoms with van der Waals surface area (Å²) in [5.74, 6) is -3.15. The van der Waals surface area contributed by atoms with Gasteiger partial charge in [0.05, 0.1) is 16.6 Å². The van der Waals surface area contributed by atoms with Crippen molar-refractivity contribution >= 4 is 17.3 Å². The van der Waals surface area contributed by atoms with Gasteiger partial charge < -0.3 is 19.7 Å². The normalized spacial score (nSPS) is 51.9. The fourth-order valence-electron chi connectivity index (χ4n) is 8.26. The summed E-state index contributed by atoms with van der Waals surface area (Å²) in [5, 5.41) is 23.8. The summed E-state index contributed by atoms with van der Waals surface area (Å²) in [6.45, 7) is 11.1. The Labute approximate surface area is 205 Å². The predicted octanol–water partition coefficient (Wildman–Crippen LogP) is 2.74. The van der Waals surface area contributed by atoms with Crippen LogP contribution in [0.3, 0.4) is 0 Å². The smallest absolute Gasteiger partial charge is 0.201 e. The van der Waals surface area contributed by atoms with Crippen LogP contribution in [-0.4, -0.2) is 56.3 Å². The molecule has 188 valence electrons. The van der Waals surface area contributed by atoms with Gasteiger partial charge in [-0.3, -0.25) is 14.4 Å². The Hall–Kier alpha value is -1.93. The number of aliphatic hydroxyl groups excluding tert-OH is 1. The standard InChI is InChI=1S/C28H34O7/c1-14-22(32)28(34-23(14,3)4)15(2)26(33)9-10-27(35-28)18-12-20(30)19-11-16(29)7-8-24(19,5)17(18)13-21(31)25(26,27)6/h11-15,22,32-33H,7-10H2,1-6H3/t14-,15-,22+,24?,25+,26+,27+,28-/m0/s1. The number of hydrogen-bond donors (Lipinski definition) is 2. The summed E-state index contributed by atoms with van der Waals surface area (Å²) in [6.07, 6.45) is 4.73. The molecule has 0 amide bonds. The average Bonchev–Trinajstić information content (AvgIpc) is 3.08. The second-order valence-electron chi connectivity index (χ2n) is 12.6. The van der Waals surface area contributed by atoms with Crippen molar-refractivity contribution in [3.05, 3.63) is 34.9 Å². The first-order valence-electron chi connectivity index (χ1n) is 12.7. The van der Waals surface area contributed by atoms with Crippen molar-refractivity contribution in [2.24, 2.45) is 22.7 Å². The molecule has 0 aromatic carbocycles. The molecule has 2 bridgehead atoms. The molecule has 0 aromatic rings. The number of ether oxygens (including phenoxy) is 2. The quantitative estimate of drug-likeness (QED) is 0.546. The first kappa shape index (κ1) is 23.5. The Kier molecular flexibility index (Phi) is 4.23. The molecule has 6 rings (SSSR count). The maximum atomic E-state index is 14.0. The summed E-state index contributed by atoms with van der Waals surface area (Å²) < 4.78 is 13.5. The molecule has 0 radical (unpaired) electrons. The highest BCUT2D eigenvalue weighted by molar-refractivity contribution is 6.15. The topological polar surface area (TPSA) is 110 Å². The zero-order valence-corrected chi connectivity index (χ0v) is 21.2. The minimum atomic E-state index is -1.54. The minimum Gasteiger partial charge on any atom is -0.388 e. The van der Waals surface area contributed by atoms with Crippen molar-refractivity contribution in [3.63, 3.8) is 0 Å². The van der Waals surface area contributed by atoms with Crippen LogP contribution in [0.4, 0.5) is 0 Å². The van der Waals surface area contributed by atoms with Crippen LogP contribution < -0.4 is 0 Å². The second-order valence-corrected chi connectivity index (χ2v) is 12.6. The Morgan fingerprint density at radius 3 is 2.20 bits per heavy atom. The van der Waals surface area contributed by atoms with Gasteiger partial charge in [0.2, 0.25) is 5.79 Å². The van der Waals surface area contributed by atoms with E-state index in [4.69, 9.17) is 9.47 Å². The molecular weight excluding hydrogens is 448 g/mol. The predicted molar refractivity (Wildman–Crippen MR) is 125 cm³/mol. The molecule has 0 aromatic heterocycles. The Morgan fingerprint density at radius 2 is 1.57 bits per heavy atom. The fourth-order valence-corrected chi connectivity index (χ4v) is 8.26. The van der Waals surface area contributed by atoms with E-state index in [2.05, 4.69) is 0 Å². The van der Waals surface area contributed by atoms with E-state index in [1.54, 1.807) is 19.9 Å². The number of fused-ring (bicyclic) bond motifs is 3. The lowest BCUT2D eigenvalue weighted by Gasteiger charge is -2.64. The van der Waals surface area contributed by atoms with E-state index in [9.17, 15) is 24.6 Å². The molecule has 7 heteroatoms. The molecule has 1 saturated carbocycles. The zero-order valence-electron chi connectivity index (χ0n) is 21.2. The third kappa shape index (κ3) is 2.27. The van der Waals surface area contributed by atoms with Crippen LogP contribution in [0, 0.1) is 22.7 Å². The lowest BCUT2D eigenvalue weighted by Crippen LogP contribution is -2.76. The van der Waals surface area contributed by atoms with Crippen LogP contribution in [0.25, 0.3) is 0 Å². The Balaban J connectivity index is 1.63. The molecule has 8 atom stereocenters. The number of hydrogen-bond acceptors (Lipinski definition) is 7. The van der Waals surface area contributed by atoms with Crippen LogP contribution in [0.1, 0.15) is 67.2 Å². The van der Waals surface area contributed by atoms with Gasteiger partial charge in [-0.05, 0) is 69.4 Å². The fraction of sp³-hybridized carbons (Fsp3) is 0.679. The van der Waals surface area contributed by atoms with Crippen molar-refractivity contribution < 1.29 is 34.1 Å². The van der Waals surface area contributed by atoms with Crippen molar-refractivity contribution in [2.75, 3.05) is 0 Å². The molecule has 6 aliphatic rings. The van der Waals surface area contributed by atoms with Gasteiger partial charge in [0, 0.05) is 29.2 Å². The van der Waals surface area contributed by atoms with Gasteiger partial charge in [0.15, 0.2) is 17.3 Å². The summed E-state index contributed by atoms with van der Waals surface area (Å²) in [5.41, 5.74) is -4.11. The summed E-state index contributed by atoms with van der Waals surface area (Å²) in [4.78, 5) is 39.6. The monoisotopic (exact) mass is 482 g/mol. The number of rotatable bonds is 0. The van der Waals surface area contributed by atoms with Gasteiger partial charge in [0.1, 0.15) is 11.7 Å². The summed E-state index contributed by atoms with van der Waals surface area (Å²) in [7, 11) is 0.